The molecular formula is C18H16ClN3O3. The van der Waals surface area contributed by atoms with Crippen molar-refractivity contribution in [1.82, 2.24) is 10.3 Å². The zero-order valence-corrected chi connectivity index (χ0v) is 14.4. The van der Waals surface area contributed by atoms with Gasteiger partial charge < -0.3 is 10.1 Å². The van der Waals surface area contributed by atoms with E-state index in [9.17, 15) is 4.79 Å². The number of hydrogen-bond acceptors (Lipinski definition) is 5. The molecule has 1 aromatic heterocycles. The Balaban J connectivity index is 1.79. The maximum Gasteiger partial charge on any atom is 0.257 e. The molecule has 2 aromatic carbocycles. The van der Waals surface area contributed by atoms with Crippen LogP contribution in [0.4, 0.5) is 5.82 Å². The lowest BCUT2D eigenvalue weighted by atomic mass is 10.1. The van der Waals surface area contributed by atoms with Crippen LogP contribution in [-0.4, -0.2) is 22.3 Å². The average molecular weight is 358 g/mol. The maximum absolute atomic E-state index is 12.3. The van der Waals surface area contributed by atoms with Crippen molar-refractivity contribution >= 4 is 23.3 Å². The summed E-state index contributed by atoms with van der Waals surface area (Å²) in [7, 11) is 0. The first-order valence-electron chi connectivity index (χ1n) is 7.69. The number of benzene rings is 2. The predicted molar refractivity (Wildman–Crippen MR) is 94.9 cm³/mol. The van der Waals surface area contributed by atoms with E-state index >= 15 is 0 Å². The molecule has 0 atom stereocenters. The summed E-state index contributed by atoms with van der Waals surface area (Å²) < 4.78 is 10.4. The number of halogens is 1. The highest BCUT2D eigenvalue weighted by atomic mass is 35.5. The Bertz CT molecular complexity index is 875. The van der Waals surface area contributed by atoms with Crippen molar-refractivity contribution in [2.45, 2.75) is 20.0 Å². The van der Waals surface area contributed by atoms with Crippen molar-refractivity contribution in [2.75, 3.05) is 5.32 Å². The van der Waals surface area contributed by atoms with Gasteiger partial charge in [-0.15, -0.1) is 0 Å². The van der Waals surface area contributed by atoms with Crippen LogP contribution in [-0.2, 0) is 0 Å². The van der Waals surface area contributed by atoms with Gasteiger partial charge in [-0.3, -0.25) is 4.79 Å². The lowest BCUT2D eigenvalue weighted by molar-refractivity contribution is 0.102. The summed E-state index contributed by atoms with van der Waals surface area (Å²) in [5.74, 6) is 0.640. The van der Waals surface area contributed by atoms with E-state index in [-0.39, 0.29) is 17.8 Å². The van der Waals surface area contributed by atoms with Gasteiger partial charge >= 0.3 is 0 Å². The minimum Gasteiger partial charge on any atom is -0.491 e. The van der Waals surface area contributed by atoms with Crippen LogP contribution in [0.5, 0.6) is 5.75 Å². The van der Waals surface area contributed by atoms with Crippen LogP contribution in [0.2, 0.25) is 5.02 Å². The monoisotopic (exact) mass is 357 g/mol. The molecule has 0 fully saturated rings. The third kappa shape index (κ3) is 4.16. The van der Waals surface area contributed by atoms with Crippen molar-refractivity contribution < 1.29 is 14.2 Å². The molecule has 0 saturated heterocycles. The highest BCUT2D eigenvalue weighted by Gasteiger charge is 2.16. The predicted octanol–water partition coefficient (Wildman–Crippen LogP) is 4.43. The number of rotatable bonds is 5. The van der Waals surface area contributed by atoms with Crippen LogP contribution in [0.15, 0.2) is 53.2 Å². The van der Waals surface area contributed by atoms with E-state index in [0.717, 1.165) is 11.3 Å². The second-order valence-electron chi connectivity index (χ2n) is 5.62. The summed E-state index contributed by atoms with van der Waals surface area (Å²) in [6, 6.07) is 13.9. The molecule has 3 aromatic rings. The molecule has 25 heavy (non-hydrogen) atoms. The largest absolute Gasteiger partial charge is 0.491 e. The number of anilines is 1. The molecule has 7 heteroatoms. The summed E-state index contributed by atoms with van der Waals surface area (Å²) in [5.41, 5.74) is 1.60. The van der Waals surface area contributed by atoms with Crippen LogP contribution in [0.3, 0.4) is 0 Å². The van der Waals surface area contributed by atoms with Crippen LogP contribution < -0.4 is 10.1 Å². The highest BCUT2D eigenvalue weighted by Crippen LogP contribution is 2.27. The standard InChI is InChI=1S/C18H16ClN3O3/c1-11(2)24-15-8-6-12(7-9-15)16-17(22-25-21-16)20-18(23)13-4-3-5-14(19)10-13/h3-11H,1-2H3,(H,20,22,23). The van der Waals surface area contributed by atoms with Crippen molar-refractivity contribution in [2.24, 2.45) is 0 Å². The number of carbonyl (C=O) groups is 1. The van der Waals surface area contributed by atoms with Crippen LogP contribution in [0.25, 0.3) is 11.3 Å². The highest BCUT2D eigenvalue weighted by molar-refractivity contribution is 6.31. The zero-order chi connectivity index (χ0) is 17.8. The summed E-state index contributed by atoms with van der Waals surface area (Å²) in [6.45, 7) is 3.91. The van der Waals surface area contributed by atoms with Crippen molar-refractivity contribution in [3.05, 3.63) is 59.1 Å². The molecular weight excluding hydrogens is 342 g/mol. The molecule has 0 aliphatic carbocycles. The number of amides is 1. The Kier molecular flexibility index (Phi) is 5.00. The normalized spacial score (nSPS) is 10.7. The molecule has 0 radical (unpaired) electrons. The number of carbonyl (C=O) groups excluding carboxylic acids is 1. The molecule has 0 bridgehead atoms. The Morgan fingerprint density at radius 2 is 1.92 bits per heavy atom. The first-order valence-corrected chi connectivity index (χ1v) is 8.07. The van der Waals surface area contributed by atoms with Gasteiger partial charge in [-0.1, -0.05) is 17.7 Å². The lowest BCUT2D eigenvalue weighted by Crippen LogP contribution is -2.12. The van der Waals surface area contributed by atoms with Gasteiger partial charge in [0.1, 0.15) is 5.75 Å². The van der Waals surface area contributed by atoms with E-state index in [0.29, 0.717) is 16.3 Å². The fraction of sp³-hybridized carbons (Fsp3) is 0.167. The van der Waals surface area contributed by atoms with E-state index < -0.39 is 0 Å². The first-order chi connectivity index (χ1) is 12.0. The summed E-state index contributed by atoms with van der Waals surface area (Å²) >= 11 is 5.91. The summed E-state index contributed by atoms with van der Waals surface area (Å²) in [4.78, 5) is 12.3. The zero-order valence-electron chi connectivity index (χ0n) is 13.7. The molecule has 6 nitrogen and oxygen atoms in total. The fourth-order valence-electron chi connectivity index (χ4n) is 2.23. The SMILES string of the molecule is CC(C)Oc1ccc(-c2nonc2NC(=O)c2cccc(Cl)c2)cc1. The van der Waals surface area contributed by atoms with E-state index in [1.54, 1.807) is 24.3 Å². The minimum absolute atomic E-state index is 0.0899. The topological polar surface area (TPSA) is 77.2 Å². The maximum atomic E-state index is 12.3. The lowest BCUT2D eigenvalue weighted by Gasteiger charge is -2.09. The van der Waals surface area contributed by atoms with Gasteiger partial charge in [0, 0.05) is 16.1 Å². The number of nitrogens with zero attached hydrogens (tertiary/aromatic N) is 2. The molecule has 1 heterocycles. The number of aromatic nitrogens is 2. The molecule has 0 aliphatic heterocycles. The van der Waals surface area contributed by atoms with Gasteiger partial charge in [0.15, 0.2) is 5.69 Å². The van der Waals surface area contributed by atoms with Gasteiger partial charge in [0.25, 0.3) is 5.91 Å². The molecule has 0 unspecified atom stereocenters. The van der Waals surface area contributed by atoms with Gasteiger partial charge in [-0.2, -0.15) is 0 Å². The number of ether oxygens (including phenoxy) is 1. The Hall–Kier alpha value is -2.86. The fourth-order valence-corrected chi connectivity index (χ4v) is 2.42. The molecule has 1 N–H and O–H groups in total. The molecule has 0 aliphatic rings. The molecule has 1 amide bonds. The molecule has 0 saturated carbocycles. The summed E-state index contributed by atoms with van der Waals surface area (Å²) in [6.07, 6.45) is 0.0899. The second kappa shape index (κ2) is 7.36. The van der Waals surface area contributed by atoms with Crippen LogP contribution in [0.1, 0.15) is 24.2 Å². The Morgan fingerprint density at radius 1 is 1.16 bits per heavy atom. The van der Waals surface area contributed by atoms with E-state index in [4.69, 9.17) is 21.0 Å². The van der Waals surface area contributed by atoms with Gasteiger partial charge in [0.2, 0.25) is 5.82 Å². The second-order valence-corrected chi connectivity index (χ2v) is 6.05. The van der Waals surface area contributed by atoms with Gasteiger partial charge in [0.05, 0.1) is 6.10 Å². The third-order valence-electron chi connectivity index (χ3n) is 3.31. The molecule has 0 spiro atoms. The first kappa shape index (κ1) is 17.0. The Morgan fingerprint density at radius 3 is 2.60 bits per heavy atom. The quantitative estimate of drug-likeness (QED) is 0.730. The molecule has 3 rings (SSSR count). The molecule has 128 valence electrons. The minimum atomic E-state index is -0.348. The van der Waals surface area contributed by atoms with E-state index in [1.807, 2.05) is 38.1 Å². The van der Waals surface area contributed by atoms with Crippen LogP contribution >= 0.6 is 11.6 Å². The smallest absolute Gasteiger partial charge is 0.257 e. The van der Waals surface area contributed by atoms with Crippen molar-refractivity contribution in [1.29, 1.82) is 0 Å². The Labute approximate surface area is 149 Å². The number of nitrogens with one attached hydrogen (secondary N) is 1. The van der Waals surface area contributed by atoms with Crippen LogP contribution in [0, 0.1) is 0 Å². The third-order valence-corrected chi connectivity index (χ3v) is 3.54. The van der Waals surface area contributed by atoms with Gasteiger partial charge in [-0.25, -0.2) is 4.63 Å². The van der Waals surface area contributed by atoms with E-state index in [2.05, 4.69) is 15.6 Å². The van der Waals surface area contributed by atoms with Crippen molar-refractivity contribution in [3.63, 3.8) is 0 Å². The number of hydrogen-bond donors (Lipinski definition) is 1. The average Bonchev–Trinajstić information content (AvgIpc) is 3.03. The van der Waals surface area contributed by atoms with Gasteiger partial charge in [-0.05, 0) is 66.6 Å². The van der Waals surface area contributed by atoms with Crippen molar-refractivity contribution in [3.8, 4) is 17.0 Å². The summed E-state index contributed by atoms with van der Waals surface area (Å²) in [5, 5.41) is 10.8. The van der Waals surface area contributed by atoms with E-state index in [1.165, 1.54) is 0 Å².